The molecule has 2 nitrogen and oxygen atoms in total. The molecule has 3 rings (SSSR count). The van der Waals surface area contributed by atoms with Gasteiger partial charge in [0.25, 0.3) is 0 Å². The summed E-state index contributed by atoms with van der Waals surface area (Å²) in [7, 11) is 0. The van der Waals surface area contributed by atoms with Gasteiger partial charge in [-0.3, -0.25) is 0 Å². The van der Waals surface area contributed by atoms with Crippen LogP contribution in [0.3, 0.4) is 0 Å². The van der Waals surface area contributed by atoms with E-state index < -0.39 is 11.6 Å². The first-order chi connectivity index (χ1) is 9.65. The quantitative estimate of drug-likeness (QED) is 0.915. The van der Waals surface area contributed by atoms with Gasteiger partial charge >= 0.3 is 0 Å². The van der Waals surface area contributed by atoms with Crippen molar-refractivity contribution in [2.45, 2.75) is 50.2 Å². The summed E-state index contributed by atoms with van der Waals surface area (Å²) in [5.74, 6) is -1.00. The van der Waals surface area contributed by atoms with E-state index in [1.54, 1.807) is 0 Å². The Bertz CT molecular complexity index is 453. The molecule has 0 radical (unpaired) electrons. The van der Waals surface area contributed by atoms with Crippen molar-refractivity contribution in [3.05, 3.63) is 35.4 Å². The van der Waals surface area contributed by atoms with Crippen LogP contribution in [0, 0.1) is 11.6 Å². The van der Waals surface area contributed by atoms with Gasteiger partial charge in [0.1, 0.15) is 11.6 Å². The molecule has 1 aliphatic heterocycles. The maximum absolute atomic E-state index is 13.1. The normalized spacial score (nSPS) is 24.6. The summed E-state index contributed by atoms with van der Waals surface area (Å²) in [4.78, 5) is 0. The molecule has 1 aromatic carbocycles. The summed E-state index contributed by atoms with van der Waals surface area (Å²) in [5.41, 5.74) is 0.848. The minimum absolute atomic E-state index is 0.140. The highest BCUT2D eigenvalue weighted by Gasteiger charge is 2.42. The van der Waals surface area contributed by atoms with Gasteiger partial charge in [-0.2, -0.15) is 0 Å². The second-order valence-electron chi connectivity index (χ2n) is 6.06. The first-order valence-corrected chi connectivity index (χ1v) is 7.48. The van der Waals surface area contributed by atoms with Crippen molar-refractivity contribution < 1.29 is 13.5 Å². The average Bonchev–Trinajstić information content (AvgIpc) is 2.36. The highest BCUT2D eigenvalue weighted by atomic mass is 19.1. The molecular formula is C16H21F2NO. The predicted octanol–water partition coefficient (Wildman–Crippen LogP) is 3.20. The Kier molecular flexibility index (Phi) is 4.03. The Morgan fingerprint density at radius 3 is 2.60 bits per heavy atom. The summed E-state index contributed by atoms with van der Waals surface area (Å²) in [6.45, 7) is 1.58. The Hall–Kier alpha value is -1.00. The van der Waals surface area contributed by atoms with Crippen LogP contribution in [0.4, 0.5) is 8.78 Å². The lowest BCUT2D eigenvalue weighted by Gasteiger charge is -2.47. The van der Waals surface area contributed by atoms with Crippen molar-refractivity contribution in [2.24, 2.45) is 0 Å². The smallest absolute Gasteiger partial charge is 0.126 e. The van der Waals surface area contributed by atoms with E-state index in [1.807, 2.05) is 0 Å². The molecule has 20 heavy (non-hydrogen) atoms. The highest BCUT2D eigenvalue weighted by molar-refractivity contribution is 5.18. The Morgan fingerprint density at radius 2 is 1.95 bits per heavy atom. The Morgan fingerprint density at radius 1 is 1.20 bits per heavy atom. The summed E-state index contributed by atoms with van der Waals surface area (Å²) < 4.78 is 32.1. The minimum atomic E-state index is -0.500. The number of nitrogens with one attached hydrogen (secondary N) is 1. The fourth-order valence-electron chi connectivity index (χ4n) is 3.30. The zero-order chi connectivity index (χ0) is 14.0. The van der Waals surface area contributed by atoms with Gasteiger partial charge in [0.2, 0.25) is 0 Å². The minimum Gasteiger partial charge on any atom is -0.375 e. The largest absolute Gasteiger partial charge is 0.375 e. The zero-order valence-corrected chi connectivity index (χ0v) is 11.6. The van der Waals surface area contributed by atoms with Gasteiger partial charge < -0.3 is 10.1 Å². The van der Waals surface area contributed by atoms with Crippen LogP contribution in [0.1, 0.15) is 37.7 Å². The van der Waals surface area contributed by atoms with E-state index in [4.69, 9.17) is 4.74 Å². The van der Waals surface area contributed by atoms with Gasteiger partial charge in [-0.1, -0.05) is 0 Å². The molecule has 2 fully saturated rings. The van der Waals surface area contributed by atoms with E-state index in [-0.39, 0.29) is 5.60 Å². The van der Waals surface area contributed by atoms with E-state index in [9.17, 15) is 8.78 Å². The Balaban J connectivity index is 1.47. The molecule has 1 saturated heterocycles. The summed E-state index contributed by atoms with van der Waals surface area (Å²) in [6, 6.07) is 4.20. The number of ether oxygens (including phenoxy) is 1. The maximum Gasteiger partial charge on any atom is 0.126 e. The molecule has 1 N–H and O–H groups in total. The molecule has 1 atom stereocenters. The number of halogens is 2. The van der Waals surface area contributed by atoms with Crippen LogP contribution in [-0.2, 0) is 11.2 Å². The van der Waals surface area contributed by atoms with E-state index in [2.05, 4.69) is 5.32 Å². The third kappa shape index (κ3) is 3.18. The van der Waals surface area contributed by atoms with Crippen molar-refractivity contribution in [2.75, 3.05) is 13.2 Å². The molecule has 0 amide bonds. The second-order valence-corrected chi connectivity index (χ2v) is 6.06. The van der Waals surface area contributed by atoms with E-state index in [1.165, 1.54) is 31.4 Å². The van der Waals surface area contributed by atoms with Crippen LogP contribution in [0.5, 0.6) is 0 Å². The zero-order valence-electron chi connectivity index (χ0n) is 11.6. The SMILES string of the molecule is Fc1cc(F)cc(CCNC2CCOC3(CCC3)C2)c1. The fourth-order valence-corrected chi connectivity index (χ4v) is 3.30. The molecule has 1 heterocycles. The molecule has 110 valence electrons. The first-order valence-electron chi connectivity index (χ1n) is 7.48. The van der Waals surface area contributed by atoms with Gasteiger partial charge in [-0.15, -0.1) is 0 Å². The first kappa shape index (κ1) is 14.0. The van der Waals surface area contributed by atoms with E-state index >= 15 is 0 Å². The lowest BCUT2D eigenvalue weighted by Crippen LogP contribution is -2.51. The number of hydrogen-bond donors (Lipinski definition) is 1. The third-order valence-electron chi connectivity index (χ3n) is 4.53. The predicted molar refractivity (Wildman–Crippen MR) is 73.6 cm³/mol. The lowest BCUT2D eigenvalue weighted by molar-refractivity contribution is -0.135. The summed E-state index contributed by atoms with van der Waals surface area (Å²) >= 11 is 0. The van der Waals surface area contributed by atoms with Crippen LogP contribution in [0.2, 0.25) is 0 Å². The van der Waals surface area contributed by atoms with Crippen LogP contribution in [0.25, 0.3) is 0 Å². The number of hydrogen-bond acceptors (Lipinski definition) is 2. The van der Waals surface area contributed by atoms with Gasteiger partial charge in [0.05, 0.1) is 5.60 Å². The van der Waals surface area contributed by atoms with Crippen molar-refractivity contribution >= 4 is 0 Å². The molecule has 1 aromatic rings. The van der Waals surface area contributed by atoms with Crippen LogP contribution >= 0.6 is 0 Å². The average molecular weight is 281 g/mol. The number of benzene rings is 1. The van der Waals surface area contributed by atoms with Crippen molar-refractivity contribution in [3.63, 3.8) is 0 Å². The molecule has 4 heteroatoms. The van der Waals surface area contributed by atoms with Gasteiger partial charge in [0.15, 0.2) is 0 Å². The van der Waals surface area contributed by atoms with Gasteiger partial charge in [-0.05, 0) is 62.8 Å². The van der Waals surface area contributed by atoms with Crippen molar-refractivity contribution in [1.29, 1.82) is 0 Å². The van der Waals surface area contributed by atoms with Crippen LogP contribution in [-0.4, -0.2) is 24.8 Å². The molecular weight excluding hydrogens is 260 g/mol. The molecule has 1 aliphatic carbocycles. The van der Waals surface area contributed by atoms with Crippen LogP contribution < -0.4 is 5.32 Å². The standard InChI is InChI=1S/C16H21F2NO/c17-13-8-12(9-14(18)10-13)2-6-19-15-3-7-20-16(11-15)4-1-5-16/h8-10,15,19H,1-7,11H2. The van der Waals surface area contributed by atoms with Crippen molar-refractivity contribution in [1.82, 2.24) is 5.32 Å². The Labute approximate surface area is 118 Å². The molecule has 1 spiro atoms. The van der Waals surface area contributed by atoms with E-state index in [0.717, 1.165) is 32.1 Å². The lowest BCUT2D eigenvalue weighted by atomic mass is 9.74. The number of rotatable bonds is 4. The monoisotopic (exact) mass is 281 g/mol. The van der Waals surface area contributed by atoms with Crippen LogP contribution in [0.15, 0.2) is 18.2 Å². The summed E-state index contributed by atoms with van der Waals surface area (Å²) in [5, 5.41) is 3.51. The molecule has 1 saturated carbocycles. The van der Waals surface area contributed by atoms with E-state index in [0.29, 0.717) is 18.0 Å². The maximum atomic E-state index is 13.1. The fraction of sp³-hybridized carbons (Fsp3) is 0.625. The second kappa shape index (κ2) is 5.78. The molecule has 1 unspecified atom stereocenters. The van der Waals surface area contributed by atoms with Gasteiger partial charge in [-0.25, -0.2) is 8.78 Å². The molecule has 0 aromatic heterocycles. The molecule has 0 bridgehead atoms. The van der Waals surface area contributed by atoms with Crippen molar-refractivity contribution in [3.8, 4) is 0 Å². The summed E-state index contributed by atoms with van der Waals surface area (Å²) in [6.07, 6.45) is 6.39. The third-order valence-corrected chi connectivity index (χ3v) is 4.53. The molecule has 2 aliphatic rings. The topological polar surface area (TPSA) is 21.3 Å². The highest BCUT2D eigenvalue weighted by Crippen LogP contribution is 2.42. The van der Waals surface area contributed by atoms with Gasteiger partial charge in [0, 0.05) is 18.7 Å².